The minimum absolute atomic E-state index is 0.265. The summed E-state index contributed by atoms with van der Waals surface area (Å²) in [5.41, 5.74) is 2.86. The van der Waals surface area contributed by atoms with Crippen LogP contribution in [0.4, 0.5) is 0 Å². The second-order valence-corrected chi connectivity index (χ2v) is 5.10. The van der Waals surface area contributed by atoms with Gasteiger partial charge >= 0.3 is 0 Å². The van der Waals surface area contributed by atoms with Crippen LogP contribution in [0.5, 0.6) is 0 Å². The number of aromatic nitrogens is 4. The summed E-state index contributed by atoms with van der Waals surface area (Å²) in [4.78, 5) is 8.89. The summed E-state index contributed by atoms with van der Waals surface area (Å²) in [6, 6.07) is 16.8. The number of halogens is 1. The molecule has 0 atom stereocenters. The lowest BCUT2D eigenvalue weighted by Gasteiger charge is -1.99. The highest BCUT2D eigenvalue weighted by Gasteiger charge is 2.13. The summed E-state index contributed by atoms with van der Waals surface area (Å²) in [5.74, 6) is 0.546. The molecule has 22 heavy (non-hydrogen) atoms. The minimum Gasteiger partial charge on any atom is -0.218 e. The van der Waals surface area contributed by atoms with Gasteiger partial charge in [0.2, 0.25) is 5.28 Å². The molecule has 104 valence electrons. The van der Waals surface area contributed by atoms with Gasteiger partial charge in [0, 0.05) is 10.9 Å². The van der Waals surface area contributed by atoms with Crippen LogP contribution < -0.4 is 0 Å². The Bertz CT molecular complexity index is 1040. The Morgan fingerprint density at radius 3 is 2.55 bits per heavy atom. The first kappa shape index (κ1) is 12.7. The van der Waals surface area contributed by atoms with Crippen molar-refractivity contribution in [3.8, 4) is 17.5 Å². The molecule has 0 saturated carbocycles. The fraction of sp³-hybridized carbons (Fsp3) is 0. The first-order chi connectivity index (χ1) is 10.8. The van der Waals surface area contributed by atoms with Gasteiger partial charge in [-0.15, -0.1) is 5.10 Å². The number of hydrogen-bond donors (Lipinski definition) is 0. The van der Waals surface area contributed by atoms with E-state index in [-0.39, 0.29) is 5.28 Å². The van der Waals surface area contributed by atoms with Crippen molar-refractivity contribution in [1.82, 2.24) is 19.6 Å². The van der Waals surface area contributed by atoms with E-state index in [1.165, 1.54) is 4.52 Å². The van der Waals surface area contributed by atoms with Crippen molar-refractivity contribution in [3.05, 3.63) is 59.4 Å². The Hall–Kier alpha value is -2.97. The third-order valence-corrected chi connectivity index (χ3v) is 3.66. The number of para-hydroxylation sites is 1. The molecule has 0 radical (unpaired) electrons. The highest BCUT2D eigenvalue weighted by Crippen LogP contribution is 2.24. The molecular weight excluding hydrogens is 298 g/mol. The van der Waals surface area contributed by atoms with Crippen molar-refractivity contribution in [3.63, 3.8) is 0 Å². The first-order valence-corrected chi connectivity index (χ1v) is 6.95. The number of benzene rings is 2. The summed E-state index contributed by atoms with van der Waals surface area (Å²) in [6.45, 7) is 0. The molecule has 4 rings (SSSR count). The lowest BCUT2D eigenvalue weighted by Crippen LogP contribution is -1.94. The van der Waals surface area contributed by atoms with E-state index in [1.54, 1.807) is 12.1 Å². The smallest absolute Gasteiger partial charge is 0.218 e. The summed E-state index contributed by atoms with van der Waals surface area (Å²) >= 11 is 6.19. The van der Waals surface area contributed by atoms with E-state index in [0.29, 0.717) is 17.0 Å². The SMILES string of the molecule is N#Cc1ccc(-c2nc3c4ccccc4nc(Cl)n3n2)cc1. The molecule has 0 N–H and O–H groups in total. The maximum absolute atomic E-state index is 8.86. The first-order valence-electron chi connectivity index (χ1n) is 6.58. The summed E-state index contributed by atoms with van der Waals surface area (Å²) in [7, 11) is 0. The zero-order chi connectivity index (χ0) is 15.1. The van der Waals surface area contributed by atoms with Crippen molar-refractivity contribution in [1.29, 1.82) is 5.26 Å². The molecule has 0 saturated heterocycles. The third-order valence-electron chi connectivity index (χ3n) is 3.41. The minimum atomic E-state index is 0.265. The van der Waals surface area contributed by atoms with Gasteiger partial charge in [-0.05, 0) is 48.0 Å². The monoisotopic (exact) mass is 305 g/mol. The largest absolute Gasteiger partial charge is 0.226 e. The molecule has 0 amide bonds. The molecule has 0 aliphatic heterocycles. The van der Waals surface area contributed by atoms with Crippen LogP contribution in [0.1, 0.15) is 5.56 Å². The third kappa shape index (κ3) is 1.90. The standard InChI is InChI=1S/C16H8ClN5/c17-16-19-13-4-2-1-3-12(13)15-20-14(21-22(15)16)11-7-5-10(9-18)6-8-11/h1-8H. The van der Waals surface area contributed by atoms with Crippen LogP contribution in [-0.2, 0) is 0 Å². The number of fused-ring (bicyclic) bond motifs is 3. The predicted octanol–water partition coefficient (Wildman–Crippen LogP) is 3.47. The van der Waals surface area contributed by atoms with Gasteiger partial charge in [0.05, 0.1) is 17.1 Å². The summed E-state index contributed by atoms with van der Waals surface area (Å²) in [6.07, 6.45) is 0. The molecule has 2 heterocycles. The normalized spacial score (nSPS) is 10.9. The van der Waals surface area contributed by atoms with E-state index in [0.717, 1.165) is 16.5 Å². The molecule has 0 fully saturated rings. The quantitative estimate of drug-likeness (QED) is 0.505. The maximum atomic E-state index is 8.86. The zero-order valence-corrected chi connectivity index (χ0v) is 12.0. The molecule has 0 unspecified atom stereocenters. The lowest BCUT2D eigenvalue weighted by atomic mass is 10.1. The fourth-order valence-electron chi connectivity index (χ4n) is 2.34. The topological polar surface area (TPSA) is 66.9 Å². The number of hydrogen-bond acceptors (Lipinski definition) is 4. The Kier molecular flexibility index (Phi) is 2.78. The van der Waals surface area contributed by atoms with Crippen LogP contribution in [-0.4, -0.2) is 19.6 Å². The van der Waals surface area contributed by atoms with Gasteiger partial charge in [-0.1, -0.05) is 12.1 Å². The Morgan fingerprint density at radius 2 is 1.77 bits per heavy atom. The number of nitrogens with zero attached hydrogens (tertiary/aromatic N) is 5. The molecule has 5 nitrogen and oxygen atoms in total. The van der Waals surface area contributed by atoms with Crippen molar-refractivity contribution >= 4 is 28.2 Å². The fourth-order valence-corrected chi connectivity index (χ4v) is 2.55. The lowest BCUT2D eigenvalue weighted by molar-refractivity contribution is 0.939. The van der Waals surface area contributed by atoms with E-state index in [9.17, 15) is 0 Å². The van der Waals surface area contributed by atoms with E-state index in [4.69, 9.17) is 16.9 Å². The van der Waals surface area contributed by atoms with Gasteiger partial charge in [0.15, 0.2) is 11.5 Å². The second kappa shape index (κ2) is 4.79. The molecule has 0 aliphatic rings. The maximum Gasteiger partial charge on any atom is 0.226 e. The van der Waals surface area contributed by atoms with E-state index >= 15 is 0 Å². The molecule has 6 heteroatoms. The number of rotatable bonds is 1. The van der Waals surface area contributed by atoms with Gasteiger partial charge in [-0.2, -0.15) is 9.78 Å². The van der Waals surface area contributed by atoms with Crippen molar-refractivity contribution in [2.75, 3.05) is 0 Å². The van der Waals surface area contributed by atoms with Gasteiger partial charge in [0.1, 0.15) is 0 Å². The number of nitriles is 1. The zero-order valence-electron chi connectivity index (χ0n) is 11.2. The molecule has 0 bridgehead atoms. The van der Waals surface area contributed by atoms with E-state index < -0.39 is 0 Å². The van der Waals surface area contributed by atoms with Crippen LogP contribution in [0.3, 0.4) is 0 Å². The molecular formula is C16H8ClN5. The molecule has 2 aromatic carbocycles. The molecule has 2 aromatic heterocycles. The van der Waals surface area contributed by atoms with Gasteiger partial charge in [0.25, 0.3) is 0 Å². The van der Waals surface area contributed by atoms with Gasteiger partial charge < -0.3 is 0 Å². The Morgan fingerprint density at radius 1 is 1.00 bits per heavy atom. The summed E-state index contributed by atoms with van der Waals surface area (Å²) in [5, 5.41) is 14.4. The van der Waals surface area contributed by atoms with Crippen molar-refractivity contribution < 1.29 is 0 Å². The van der Waals surface area contributed by atoms with Crippen LogP contribution in [0.15, 0.2) is 48.5 Å². The second-order valence-electron chi connectivity index (χ2n) is 4.76. The van der Waals surface area contributed by atoms with Gasteiger partial charge in [-0.3, -0.25) is 0 Å². The Balaban J connectivity index is 1.98. The van der Waals surface area contributed by atoms with Crippen LogP contribution in [0, 0.1) is 11.3 Å². The Labute approximate surface area is 130 Å². The molecule has 4 aromatic rings. The van der Waals surface area contributed by atoms with E-state index in [2.05, 4.69) is 21.1 Å². The highest BCUT2D eigenvalue weighted by atomic mass is 35.5. The predicted molar refractivity (Wildman–Crippen MR) is 83.4 cm³/mol. The molecule has 0 spiro atoms. The average Bonchev–Trinajstić information content (AvgIpc) is 3.01. The van der Waals surface area contributed by atoms with Crippen LogP contribution in [0.2, 0.25) is 5.28 Å². The van der Waals surface area contributed by atoms with Crippen molar-refractivity contribution in [2.45, 2.75) is 0 Å². The summed E-state index contributed by atoms with van der Waals surface area (Å²) < 4.78 is 1.53. The van der Waals surface area contributed by atoms with Crippen molar-refractivity contribution in [2.24, 2.45) is 0 Å². The van der Waals surface area contributed by atoms with E-state index in [1.807, 2.05) is 36.4 Å². The molecule has 0 aliphatic carbocycles. The average molecular weight is 306 g/mol. The van der Waals surface area contributed by atoms with Crippen LogP contribution in [0.25, 0.3) is 27.9 Å². The van der Waals surface area contributed by atoms with Crippen LogP contribution >= 0.6 is 11.6 Å². The van der Waals surface area contributed by atoms with Gasteiger partial charge in [-0.25, -0.2) is 9.97 Å². The highest BCUT2D eigenvalue weighted by molar-refractivity contribution is 6.29.